The highest BCUT2D eigenvalue weighted by atomic mass is 35.5. The number of phenolic OH excluding ortho intramolecular Hbond substituents is 1. The Bertz CT molecular complexity index is 646. The van der Waals surface area contributed by atoms with Crippen LogP contribution in [0.5, 0.6) is 5.75 Å². The zero-order valence-electron chi connectivity index (χ0n) is 9.72. The fourth-order valence-corrected chi connectivity index (χ4v) is 2.71. The molecule has 0 amide bonds. The normalized spacial score (nSPS) is 13.2. The van der Waals surface area contributed by atoms with Gasteiger partial charge >= 0.3 is 0 Å². The SMILES string of the molecule is Oc1cc(Cl)cc2c1N=C(Nc1ccccc1)NS2. The second-order valence-electron chi connectivity index (χ2n) is 3.93. The number of fused-ring (bicyclic) bond motifs is 1. The van der Waals surface area contributed by atoms with Crippen LogP contribution in [0.3, 0.4) is 0 Å². The molecule has 19 heavy (non-hydrogen) atoms. The largest absolute Gasteiger partial charge is 0.506 e. The van der Waals surface area contributed by atoms with Gasteiger partial charge in [0.15, 0.2) is 0 Å². The van der Waals surface area contributed by atoms with Crippen molar-refractivity contribution in [1.82, 2.24) is 4.72 Å². The molecule has 2 aromatic rings. The van der Waals surface area contributed by atoms with Gasteiger partial charge < -0.3 is 10.4 Å². The molecule has 0 bridgehead atoms. The van der Waals surface area contributed by atoms with Crippen LogP contribution in [0, 0.1) is 0 Å². The van der Waals surface area contributed by atoms with E-state index in [-0.39, 0.29) is 5.75 Å². The summed E-state index contributed by atoms with van der Waals surface area (Å²) in [6.45, 7) is 0. The van der Waals surface area contributed by atoms with Crippen LogP contribution in [0.15, 0.2) is 52.4 Å². The van der Waals surface area contributed by atoms with Crippen molar-refractivity contribution in [1.29, 1.82) is 0 Å². The van der Waals surface area contributed by atoms with Gasteiger partial charge in [0.05, 0.1) is 4.90 Å². The average molecular weight is 292 g/mol. The van der Waals surface area contributed by atoms with Crippen molar-refractivity contribution in [3.05, 3.63) is 47.5 Å². The lowest BCUT2D eigenvalue weighted by Gasteiger charge is -2.18. The monoisotopic (exact) mass is 291 g/mol. The third kappa shape index (κ3) is 2.62. The molecule has 0 fully saturated rings. The zero-order chi connectivity index (χ0) is 13.2. The summed E-state index contributed by atoms with van der Waals surface area (Å²) < 4.78 is 3.06. The van der Waals surface area contributed by atoms with E-state index in [1.54, 1.807) is 6.07 Å². The molecule has 2 aromatic carbocycles. The second kappa shape index (κ2) is 5.03. The molecular formula is C13H10ClN3OS. The van der Waals surface area contributed by atoms with E-state index >= 15 is 0 Å². The summed E-state index contributed by atoms with van der Waals surface area (Å²) >= 11 is 7.24. The molecule has 0 unspecified atom stereocenters. The molecule has 0 radical (unpaired) electrons. The molecule has 4 nitrogen and oxygen atoms in total. The molecule has 3 rings (SSSR count). The van der Waals surface area contributed by atoms with Crippen LogP contribution >= 0.6 is 23.5 Å². The third-order valence-corrected chi connectivity index (χ3v) is 3.58. The van der Waals surface area contributed by atoms with Gasteiger partial charge in [0.2, 0.25) is 5.96 Å². The van der Waals surface area contributed by atoms with Gasteiger partial charge in [0.25, 0.3) is 0 Å². The van der Waals surface area contributed by atoms with Crippen molar-refractivity contribution in [2.24, 2.45) is 4.99 Å². The minimum Gasteiger partial charge on any atom is -0.506 e. The number of phenols is 1. The van der Waals surface area contributed by atoms with Gasteiger partial charge in [0, 0.05) is 16.8 Å². The van der Waals surface area contributed by atoms with Crippen molar-refractivity contribution in [3.63, 3.8) is 0 Å². The summed E-state index contributed by atoms with van der Waals surface area (Å²) in [6.07, 6.45) is 0. The first-order valence-corrected chi connectivity index (χ1v) is 6.78. The van der Waals surface area contributed by atoms with Crippen LogP contribution < -0.4 is 10.0 Å². The maximum absolute atomic E-state index is 9.86. The molecule has 0 saturated carbocycles. The Morgan fingerprint density at radius 3 is 2.79 bits per heavy atom. The molecule has 0 saturated heterocycles. The van der Waals surface area contributed by atoms with E-state index in [0.717, 1.165) is 10.6 Å². The number of aromatic hydroxyl groups is 1. The van der Waals surface area contributed by atoms with Crippen LogP contribution in [0.25, 0.3) is 0 Å². The number of nitrogens with zero attached hydrogens (tertiary/aromatic N) is 1. The summed E-state index contributed by atoms with van der Waals surface area (Å²) in [7, 11) is 0. The fraction of sp³-hybridized carbons (Fsp3) is 0. The molecule has 1 heterocycles. The van der Waals surface area contributed by atoms with Gasteiger partial charge in [0.1, 0.15) is 11.4 Å². The number of nitrogens with one attached hydrogen (secondary N) is 2. The molecule has 0 spiro atoms. The first-order valence-electron chi connectivity index (χ1n) is 5.58. The maximum atomic E-state index is 9.86. The van der Waals surface area contributed by atoms with Crippen molar-refractivity contribution < 1.29 is 5.11 Å². The highest BCUT2D eigenvalue weighted by Gasteiger charge is 2.16. The predicted molar refractivity (Wildman–Crippen MR) is 79.3 cm³/mol. The van der Waals surface area contributed by atoms with E-state index in [2.05, 4.69) is 15.0 Å². The highest BCUT2D eigenvalue weighted by molar-refractivity contribution is 7.98. The maximum Gasteiger partial charge on any atom is 0.211 e. The van der Waals surface area contributed by atoms with E-state index in [4.69, 9.17) is 11.6 Å². The number of anilines is 1. The summed E-state index contributed by atoms with van der Waals surface area (Å²) in [4.78, 5) is 5.14. The van der Waals surface area contributed by atoms with Crippen molar-refractivity contribution in [2.75, 3.05) is 5.32 Å². The molecule has 96 valence electrons. The van der Waals surface area contributed by atoms with Gasteiger partial charge in [-0.3, -0.25) is 4.72 Å². The first-order chi connectivity index (χ1) is 9.22. The lowest BCUT2D eigenvalue weighted by atomic mass is 10.3. The number of aliphatic imine (C=N–C) groups is 1. The smallest absolute Gasteiger partial charge is 0.211 e. The molecule has 6 heteroatoms. The summed E-state index contributed by atoms with van der Waals surface area (Å²) in [5.41, 5.74) is 1.44. The van der Waals surface area contributed by atoms with Gasteiger partial charge in [-0.15, -0.1) is 0 Å². The molecule has 0 aliphatic carbocycles. The summed E-state index contributed by atoms with van der Waals surface area (Å²) in [5.74, 6) is 0.644. The van der Waals surface area contributed by atoms with Gasteiger partial charge in [-0.25, -0.2) is 4.99 Å². The molecule has 0 aromatic heterocycles. The number of para-hydroxylation sites is 1. The molecular weight excluding hydrogens is 282 g/mol. The van der Waals surface area contributed by atoms with Crippen LogP contribution in [-0.2, 0) is 0 Å². The van der Waals surface area contributed by atoms with E-state index in [9.17, 15) is 5.11 Å². The Kier molecular flexibility index (Phi) is 3.23. The van der Waals surface area contributed by atoms with Gasteiger partial charge in [-0.2, -0.15) is 0 Å². The van der Waals surface area contributed by atoms with Crippen LogP contribution in [0.4, 0.5) is 11.4 Å². The predicted octanol–water partition coefficient (Wildman–Crippen LogP) is 3.76. The molecule has 0 atom stereocenters. The Labute approximate surface area is 119 Å². The lowest BCUT2D eigenvalue weighted by molar-refractivity contribution is 0.475. The van der Waals surface area contributed by atoms with E-state index in [1.807, 2.05) is 30.3 Å². The molecule has 3 N–H and O–H groups in total. The standard InChI is InChI=1S/C13H10ClN3OS/c14-8-6-10(18)12-11(7-8)19-17-13(16-12)15-9-4-2-1-3-5-9/h1-7,18H,(H2,15,16,17). The third-order valence-electron chi connectivity index (χ3n) is 2.54. The summed E-state index contributed by atoms with van der Waals surface area (Å²) in [6, 6.07) is 12.9. The average Bonchev–Trinajstić information content (AvgIpc) is 2.40. The van der Waals surface area contributed by atoms with Crippen LogP contribution in [0.1, 0.15) is 0 Å². The number of hydrogen-bond donors (Lipinski definition) is 3. The zero-order valence-corrected chi connectivity index (χ0v) is 11.3. The minimum atomic E-state index is 0.0730. The van der Waals surface area contributed by atoms with Crippen molar-refractivity contribution in [2.45, 2.75) is 4.90 Å². The fourth-order valence-electron chi connectivity index (χ4n) is 1.70. The van der Waals surface area contributed by atoms with Gasteiger partial charge in [-0.1, -0.05) is 29.8 Å². The summed E-state index contributed by atoms with van der Waals surface area (Å²) in [5, 5.41) is 13.5. The lowest BCUT2D eigenvalue weighted by Crippen LogP contribution is -2.26. The Morgan fingerprint density at radius 2 is 2.00 bits per heavy atom. The number of guanidine groups is 1. The highest BCUT2D eigenvalue weighted by Crippen LogP contribution is 2.40. The number of benzene rings is 2. The van der Waals surface area contributed by atoms with Gasteiger partial charge in [-0.05, 0) is 30.1 Å². The molecule has 1 aliphatic heterocycles. The minimum absolute atomic E-state index is 0.0730. The van der Waals surface area contributed by atoms with E-state index < -0.39 is 0 Å². The number of rotatable bonds is 1. The van der Waals surface area contributed by atoms with Crippen molar-refractivity contribution in [3.8, 4) is 5.75 Å². The van der Waals surface area contributed by atoms with Crippen LogP contribution in [0.2, 0.25) is 5.02 Å². The Balaban J connectivity index is 1.91. The molecule has 1 aliphatic rings. The Morgan fingerprint density at radius 1 is 1.21 bits per heavy atom. The van der Waals surface area contributed by atoms with E-state index in [1.165, 1.54) is 18.0 Å². The van der Waals surface area contributed by atoms with Crippen LogP contribution in [-0.4, -0.2) is 11.1 Å². The number of hydrogen-bond acceptors (Lipinski definition) is 5. The number of halogens is 1. The topological polar surface area (TPSA) is 56.7 Å². The Hall–Kier alpha value is -1.85. The quantitative estimate of drug-likeness (QED) is 0.700. The van der Waals surface area contributed by atoms with E-state index in [0.29, 0.717) is 16.7 Å². The second-order valence-corrected chi connectivity index (χ2v) is 5.21. The first kappa shape index (κ1) is 12.2. The van der Waals surface area contributed by atoms with Crippen molar-refractivity contribution >= 4 is 40.9 Å².